The van der Waals surface area contributed by atoms with Gasteiger partial charge in [0.2, 0.25) is 11.9 Å². The second-order valence-corrected chi connectivity index (χ2v) is 5.32. The van der Waals surface area contributed by atoms with Crippen LogP contribution in [0.4, 0.5) is 11.8 Å². The summed E-state index contributed by atoms with van der Waals surface area (Å²) >= 11 is 0. The Morgan fingerprint density at radius 3 is 3.00 bits per heavy atom. The van der Waals surface area contributed by atoms with Crippen molar-refractivity contribution in [3.05, 3.63) is 24.3 Å². The molecule has 1 atom stereocenters. The van der Waals surface area contributed by atoms with Crippen molar-refractivity contribution < 1.29 is 4.79 Å². The molecule has 2 aromatic rings. The molecule has 2 heterocycles. The van der Waals surface area contributed by atoms with E-state index in [4.69, 9.17) is 5.73 Å². The van der Waals surface area contributed by atoms with Crippen LogP contribution in [0, 0.1) is 5.92 Å². The molecular formula is C15H19N5O. The van der Waals surface area contributed by atoms with Gasteiger partial charge in [-0.15, -0.1) is 0 Å². The van der Waals surface area contributed by atoms with Crippen LogP contribution in [-0.2, 0) is 4.79 Å². The maximum atomic E-state index is 11.9. The van der Waals surface area contributed by atoms with Gasteiger partial charge in [0, 0.05) is 25.5 Å². The van der Waals surface area contributed by atoms with Crippen molar-refractivity contribution in [1.29, 1.82) is 0 Å². The van der Waals surface area contributed by atoms with Gasteiger partial charge in [0.1, 0.15) is 5.82 Å². The minimum absolute atomic E-state index is 0.00120. The monoisotopic (exact) mass is 285 g/mol. The lowest BCUT2D eigenvalue weighted by atomic mass is 9.97. The van der Waals surface area contributed by atoms with Crippen LogP contribution in [0.15, 0.2) is 24.3 Å². The largest absolute Gasteiger partial charge is 0.368 e. The lowest BCUT2D eigenvalue weighted by molar-refractivity contribution is -0.124. The van der Waals surface area contributed by atoms with Crippen molar-refractivity contribution in [1.82, 2.24) is 15.3 Å². The van der Waals surface area contributed by atoms with E-state index in [1.807, 2.05) is 24.3 Å². The summed E-state index contributed by atoms with van der Waals surface area (Å²) in [5, 5.41) is 3.71. The Balaban J connectivity index is 1.98. The van der Waals surface area contributed by atoms with Gasteiger partial charge in [-0.25, -0.2) is 4.98 Å². The van der Waals surface area contributed by atoms with Crippen molar-refractivity contribution in [2.45, 2.75) is 12.8 Å². The number of aromatic nitrogens is 2. The molecule has 1 aliphatic heterocycles. The van der Waals surface area contributed by atoms with Crippen LogP contribution in [0.5, 0.6) is 0 Å². The molecule has 0 spiro atoms. The summed E-state index contributed by atoms with van der Waals surface area (Å²) in [6.45, 7) is 1.55. The van der Waals surface area contributed by atoms with E-state index in [-0.39, 0.29) is 17.8 Å². The second kappa shape index (κ2) is 5.55. The van der Waals surface area contributed by atoms with Gasteiger partial charge in [-0.3, -0.25) is 4.79 Å². The van der Waals surface area contributed by atoms with Gasteiger partial charge in [0.25, 0.3) is 0 Å². The lowest BCUT2D eigenvalue weighted by Gasteiger charge is -2.33. The number of hydrogen-bond acceptors (Lipinski definition) is 5. The first-order valence-corrected chi connectivity index (χ1v) is 7.18. The van der Waals surface area contributed by atoms with Crippen LogP contribution < -0.4 is 16.0 Å². The van der Waals surface area contributed by atoms with E-state index in [1.165, 1.54) is 0 Å². The number of carbonyl (C=O) groups excluding carboxylic acids is 1. The van der Waals surface area contributed by atoms with E-state index in [1.54, 1.807) is 7.05 Å². The molecular weight excluding hydrogens is 266 g/mol. The van der Waals surface area contributed by atoms with Crippen molar-refractivity contribution in [3.63, 3.8) is 0 Å². The zero-order valence-electron chi connectivity index (χ0n) is 12.0. The quantitative estimate of drug-likeness (QED) is 0.865. The Morgan fingerprint density at radius 2 is 2.19 bits per heavy atom. The van der Waals surface area contributed by atoms with E-state index in [9.17, 15) is 4.79 Å². The van der Waals surface area contributed by atoms with Gasteiger partial charge < -0.3 is 16.0 Å². The van der Waals surface area contributed by atoms with Gasteiger partial charge in [-0.05, 0) is 25.0 Å². The Labute approximate surface area is 123 Å². The topological polar surface area (TPSA) is 84.1 Å². The molecule has 6 nitrogen and oxygen atoms in total. The fourth-order valence-electron chi connectivity index (χ4n) is 2.91. The number of benzene rings is 1. The average molecular weight is 285 g/mol. The first-order valence-electron chi connectivity index (χ1n) is 7.18. The Kier molecular flexibility index (Phi) is 3.60. The molecule has 1 aliphatic rings. The molecule has 1 unspecified atom stereocenters. The van der Waals surface area contributed by atoms with Gasteiger partial charge in [-0.2, -0.15) is 4.98 Å². The van der Waals surface area contributed by atoms with E-state index in [0.717, 1.165) is 36.1 Å². The number of amides is 1. The fourth-order valence-corrected chi connectivity index (χ4v) is 2.91. The maximum absolute atomic E-state index is 11.9. The number of piperidine rings is 1. The number of nitrogens with one attached hydrogen (secondary N) is 1. The van der Waals surface area contributed by atoms with Gasteiger partial charge in [0.05, 0.1) is 11.4 Å². The SMILES string of the molecule is CNC(=O)C1CCCN(c2nc(N)nc3ccccc23)C1. The van der Waals surface area contributed by atoms with Gasteiger partial charge >= 0.3 is 0 Å². The highest BCUT2D eigenvalue weighted by Crippen LogP contribution is 2.28. The van der Waals surface area contributed by atoms with Crippen LogP contribution in [0.1, 0.15) is 12.8 Å². The normalized spacial score (nSPS) is 18.7. The maximum Gasteiger partial charge on any atom is 0.224 e. The number of anilines is 2. The van der Waals surface area contributed by atoms with Crippen LogP contribution in [0.2, 0.25) is 0 Å². The molecule has 0 bridgehead atoms. The molecule has 1 saturated heterocycles. The van der Waals surface area contributed by atoms with E-state index in [0.29, 0.717) is 6.54 Å². The highest BCUT2D eigenvalue weighted by molar-refractivity contribution is 5.90. The summed E-state index contributed by atoms with van der Waals surface area (Å²) in [7, 11) is 1.68. The van der Waals surface area contributed by atoms with E-state index in [2.05, 4.69) is 20.2 Å². The van der Waals surface area contributed by atoms with Gasteiger partial charge in [0.15, 0.2) is 0 Å². The summed E-state index contributed by atoms with van der Waals surface area (Å²) in [6.07, 6.45) is 1.88. The number of carbonyl (C=O) groups is 1. The van der Waals surface area contributed by atoms with Crippen LogP contribution in [0.25, 0.3) is 10.9 Å². The smallest absolute Gasteiger partial charge is 0.224 e. The molecule has 3 rings (SSSR count). The van der Waals surface area contributed by atoms with Crippen LogP contribution >= 0.6 is 0 Å². The van der Waals surface area contributed by atoms with Crippen molar-refractivity contribution >= 4 is 28.6 Å². The molecule has 21 heavy (non-hydrogen) atoms. The number of nitrogens with zero attached hydrogens (tertiary/aromatic N) is 3. The molecule has 1 aromatic carbocycles. The molecule has 110 valence electrons. The molecule has 1 fully saturated rings. The third kappa shape index (κ3) is 2.61. The first-order chi connectivity index (χ1) is 10.2. The predicted octanol–water partition coefficient (Wildman–Crippen LogP) is 1.17. The molecule has 1 amide bonds. The summed E-state index contributed by atoms with van der Waals surface area (Å²) in [5.41, 5.74) is 6.66. The van der Waals surface area contributed by atoms with Crippen molar-refractivity contribution in [2.24, 2.45) is 5.92 Å². The molecule has 3 N–H and O–H groups in total. The lowest BCUT2D eigenvalue weighted by Crippen LogP contribution is -2.42. The number of para-hydroxylation sites is 1. The number of nitrogen functional groups attached to an aromatic ring is 1. The summed E-state index contributed by atoms with van der Waals surface area (Å²) in [5.74, 6) is 1.18. The average Bonchev–Trinajstić information content (AvgIpc) is 2.53. The number of nitrogens with two attached hydrogens (primary N) is 1. The minimum Gasteiger partial charge on any atom is -0.368 e. The molecule has 1 aromatic heterocycles. The van der Waals surface area contributed by atoms with Crippen LogP contribution in [-0.4, -0.2) is 36.0 Å². The van der Waals surface area contributed by atoms with E-state index < -0.39 is 0 Å². The highest BCUT2D eigenvalue weighted by Gasteiger charge is 2.27. The second-order valence-electron chi connectivity index (χ2n) is 5.32. The van der Waals surface area contributed by atoms with Crippen molar-refractivity contribution in [2.75, 3.05) is 30.8 Å². The Morgan fingerprint density at radius 1 is 1.38 bits per heavy atom. The number of rotatable bonds is 2. The zero-order valence-corrected chi connectivity index (χ0v) is 12.0. The fraction of sp³-hybridized carbons (Fsp3) is 0.400. The van der Waals surface area contributed by atoms with Crippen molar-refractivity contribution in [3.8, 4) is 0 Å². The summed E-state index contributed by atoms with van der Waals surface area (Å²) in [4.78, 5) is 22.7. The predicted molar refractivity (Wildman–Crippen MR) is 83.0 cm³/mol. The summed E-state index contributed by atoms with van der Waals surface area (Å²) in [6, 6.07) is 7.82. The highest BCUT2D eigenvalue weighted by atomic mass is 16.1. The molecule has 0 saturated carbocycles. The first kappa shape index (κ1) is 13.6. The molecule has 0 radical (unpaired) electrons. The Hall–Kier alpha value is -2.37. The minimum atomic E-state index is -0.00120. The zero-order chi connectivity index (χ0) is 14.8. The number of hydrogen-bond donors (Lipinski definition) is 2. The van der Waals surface area contributed by atoms with Crippen LogP contribution in [0.3, 0.4) is 0 Å². The van der Waals surface area contributed by atoms with Gasteiger partial charge in [-0.1, -0.05) is 12.1 Å². The molecule has 0 aliphatic carbocycles. The third-order valence-electron chi connectivity index (χ3n) is 3.94. The molecule has 6 heteroatoms. The summed E-state index contributed by atoms with van der Waals surface area (Å²) < 4.78 is 0. The third-order valence-corrected chi connectivity index (χ3v) is 3.94. The number of fused-ring (bicyclic) bond motifs is 1. The van der Waals surface area contributed by atoms with E-state index >= 15 is 0 Å². The Bertz CT molecular complexity index is 672. The standard InChI is InChI=1S/C15H19N5O/c1-17-14(21)10-5-4-8-20(9-10)13-11-6-2-3-7-12(11)18-15(16)19-13/h2-3,6-7,10H,4-5,8-9H2,1H3,(H,17,21)(H2,16,18,19).